The van der Waals surface area contributed by atoms with Gasteiger partial charge in [-0.15, -0.1) is 0 Å². The van der Waals surface area contributed by atoms with E-state index >= 15 is 0 Å². The lowest BCUT2D eigenvalue weighted by Gasteiger charge is -2.00. The smallest absolute Gasteiger partial charge is 0.288 e. The fourth-order valence-electron chi connectivity index (χ4n) is 0.400. The average molecular weight is 128 g/mol. The highest BCUT2D eigenvalue weighted by Crippen LogP contribution is 1.74. The van der Waals surface area contributed by atoms with Crippen molar-refractivity contribution in [2.75, 3.05) is 13.7 Å². The van der Waals surface area contributed by atoms with Crippen molar-refractivity contribution in [3.8, 4) is 0 Å². The van der Waals surface area contributed by atoms with Crippen molar-refractivity contribution in [3.63, 3.8) is 0 Å². The molecule has 1 N–H and O–H groups in total. The summed E-state index contributed by atoms with van der Waals surface area (Å²) < 4.78 is 4.80. The molecule has 0 saturated heterocycles. The van der Waals surface area contributed by atoms with Gasteiger partial charge in [0.05, 0.1) is 7.11 Å². The molecule has 0 atom stereocenters. The molecule has 0 spiro atoms. The van der Waals surface area contributed by atoms with Gasteiger partial charge in [0, 0.05) is 6.54 Å². The van der Waals surface area contributed by atoms with Crippen LogP contribution < -0.4 is 5.32 Å². The molecule has 0 aliphatic rings. The quantitative estimate of drug-likeness (QED) is 0.439. The lowest BCUT2D eigenvalue weighted by Crippen LogP contribution is -2.18. The van der Waals surface area contributed by atoms with Crippen LogP contribution in [0.25, 0.3) is 0 Å². The van der Waals surface area contributed by atoms with E-state index in [1.807, 2.05) is 6.92 Å². The van der Waals surface area contributed by atoms with Crippen LogP contribution in [0.2, 0.25) is 0 Å². The average Bonchev–Trinajstić information content (AvgIpc) is 1.88. The molecule has 0 aromatic carbocycles. The lowest BCUT2D eigenvalue weighted by atomic mass is 10.8. The Morgan fingerprint density at radius 3 is 2.89 bits per heavy atom. The molecular formula is C6H12N2O. The molecule has 0 aromatic rings. The first-order chi connectivity index (χ1) is 4.35. The highest BCUT2D eigenvalue weighted by Gasteiger charge is 1.87. The minimum atomic E-state index is 0.507. The third-order valence-corrected chi connectivity index (χ3v) is 0.721. The number of ether oxygens (including phenoxy) is 1. The monoisotopic (exact) mass is 128 g/mol. The maximum atomic E-state index is 4.80. The molecule has 0 aliphatic heterocycles. The van der Waals surface area contributed by atoms with Crippen molar-refractivity contribution >= 4 is 6.02 Å². The largest absolute Gasteiger partial charge is 0.468 e. The third-order valence-electron chi connectivity index (χ3n) is 0.721. The summed E-state index contributed by atoms with van der Waals surface area (Å²) in [4.78, 5) is 3.94. The maximum absolute atomic E-state index is 4.80. The standard InChI is InChI=1S/C6H12N2O/c1-4-7-6(9-3)8-5-2/h4H,1,5H2,2-3H3,(H,7,8). The molecule has 0 amide bonds. The van der Waals surface area contributed by atoms with Gasteiger partial charge in [0.25, 0.3) is 6.02 Å². The molecule has 3 heteroatoms. The van der Waals surface area contributed by atoms with Gasteiger partial charge in [-0.1, -0.05) is 6.58 Å². The van der Waals surface area contributed by atoms with Crippen LogP contribution in [0.1, 0.15) is 6.92 Å². The van der Waals surface area contributed by atoms with Crippen LogP contribution >= 0.6 is 0 Å². The Hall–Kier alpha value is -0.990. The van der Waals surface area contributed by atoms with Gasteiger partial charge in [0.1, 0.15) is 0 Å². The van der Waals surface area contributed by atoms with E-state index in [0.29, 0.717) is 12.6 Å². The SMILES string of the molecule is C=CNC(=NCC)OC. The normalized spacial score (nSPS) is 10.7. The highest BCUT2D eigenvalue weighted by atomic mass is 16.5. The number of amidine groups is 1. The molecule has 9 heavy (non-hydrogen) atoms. The molecule has 0 saturated carbocycles. The first-order valence-corrected chi connectivity index (χ1v) is 2.81. The van der Waals surface area contributed by atoms with Crippen LogP contribution in [-0.4, -0.2) is 19.7 Å². The summed E-state index contributed by atoms with van der Waals surface area (Å²) in [6, 6.07) is 0.507. The molecule has 0 radical (unpaired) electrons. The highest BCUT2D eigenvalue weighted by molar-refractivity contribution is 5.74. The van der Waals surface area contributed by atoms with E-state index in [9.17, 15) is 0 Å². The number of hydrogen-bond acceptors (Lipinski definition) is 2. The number of nitrogens with one attached hydrogen (secondary N) is 1. The molecule has 0 heterocycles. The number of nitrogens with zero attached hydrogens (tertiary/aromatic N) is 1. The van der Waals surface area contributed by atoms with Crippen molar-refractivity contribution in [2.24, 2.45) is 4.99 Å². The first-order valence-electron chi connectivity index (χ1n) is 2.81. The molecule has 0 bridgehead atoms. The van der Waals surface area contributed by atoms with Gasteiger partial charge in [-0.3, -0.25) is 0 Å². The fourth-order valence-corrected chi connectivity index (χ4v) is 0.400. The first kappa shape index (κ1) is 8.01. The van der Waals surface area contributed by atoms with Crippen molar-refractivity contribution in [1.82, 2.24) is 5.32 Å². The van der Waals surface area contributed by atoms with Gasteiger partial charge in [-0.05, 0) is 13.1 Å². The van der Waals surface area contributed by atoms with E-state index in [0.717, 1.165) is 0 Å². The number of methoxy groups -OCH3 is 1. The zero-order valence-corrected chi connectivity index (χ0v) is 5.85. The summed E-state index contributed by atoms with van der Waals surface area (Å²) in [5.41, 5.74) is 0. The van der Waals surface area contributed by atoms with Crippen molar-refractivity contribution in [2.45, 2.75) is 6.92 Å². The van der Waals surface area contributed by atoms with Gasteiger partial charge in [0.2, 0.25) is 0 Å². The van der Waals surface area contributed by atoms with Gasteiger partial charge < -0.3 is 10.1 Å². The predicted molar refractivity (Wildman–Crippen MR) is 38.3 cm³/mol. The number of hydrogen-bond donors (Lipinski definition) is 1. The second-order valence-corrected chi connectivity index (χ2v) is 1.33. The zero-order valence-electron chi connectivity index (χ0n) is 5.85. The summed E-state index contributed by atoms with van der Waals surface area (Å²) in [6.45, 7) is 6.11. The molecular weight excluding hydrogens is 116 g/mol. The van der Waals surface area contributed by atoms with E-state index < -0.39 is 0 Å². The second-order valence-electron chi connectivity index (χ2n) is 1.33. The second kappa shape index (κ2) is 5.15. The molecule has 0 rings (SSSR count). The minimum Gasteiger partial charge on any atom is -0.468 e. The summed E-state index contributed by atoms with van der Waals surface area (Å²) in [5, 5.41) is 2.72. The third kappa shape index (κ3) is 3.58. The predicted octanol–water partition coefficient (Wildman–Crippen LogP) is 0.742. The summed E-state index contributed by atoms with van der Waals surface area (Å²) in [7, 11) is 1.56. The van der Waals surface area contributed by atoms with Crippen LogP contribution in [0.5, 0.6) is 0 Å². The van der Waals surface area contributed by atoms with Crippen LogP contribution in [0.3, 0.4) is 0 Å². The number of aliphatic imine (C=N–C) groups is 1. The van der Waals surface area contributed by atoms with Crippen molar-refractivity contribution in [1.29, 1.82) is 0 Å². The van der Waals surface area contributed by atoms with Crippen molar-refractivity contribution in [3.05, 3.63) is 12.8 Å². The number of rotatable bonds is 2. The lowest BCUT2D eigenvalue weighted by molar-refractivity contribution is 0.386. The Labute approximate surface area is 55.4 Å². The van der Waals surface area contributed by atoms with E-state index in [1.54, 1.807) is 7.11 Å². The summed E-state index contributed by atoms with van der Waals surface area (Å²) in [5.74, 6) is 0. The Morgan fingerprint density at radius 1 is 1.89 bits per heavy atom. The minimum absolute atomic E-state index is 0.507. The van der Waals surface area contributed by atoms with Gasteiger partial charge in [-0.2, -0.15) is 0 Å². The van der Waals surface area contributed by atoms with Crippen LogP contribution in [0.15, 0.2) is 17.8 Å². The summed E-state index contributed by atoms with van der Waals surface area (Å²) >= 11 is 0. The van der Waals surface area contributed by atoms with Crippen LogP contribution in [0.4, 0.5) is 0 Å². The Kier molecular flexibility index (Phi) is 4.59. The Morgan fingerprint density at radius 2 is 2.56 bits per heavy atom. The van der Waals surface area contributed by atoms with Gasteiger partial charge in [-0.25, -0.2) is 4.99 Å². The molecule has 0 aliphatic carbocycles. The maximum Gasteiger partial charge on any atom is 0.288 e. The molecule has 0 unspecified atom stereocenters. The van der Waals surface area contributed by atoms with Crippen LogP contribution in [-0.2, 0) is 4.74 Å². The Bertz CT molecular complexity index is 110. The van der Waals surface area contributed by atoms with Gasteiger partial charge >= 0.3 is 0 Å². The van der Waals surface area contributed by atoms with Gasteiger partial charge in [0.15, 0.2) is 0 Å². The molecule has 3 nitrogen and oxygen atoms in total. The van der Waals surface area contributed by atoms with Crippen molar-refractivity contribution < 1.29 is 4.74 Å². The summed E-state index contributed by atoms with van der Waals surface area (Å²) in [6.07, 6.45) is 1.53. The topological polar surface area (TPSA) is 33.6 Å². The fraction of sp³-hybridized carbons (Fsp3) is 0.500. The molecule has 0 aromatic heterocycles. The Balaban J connectivity index is 3.65. The molecule has 0 fully saturated rings. The van der Waals surface area contributed by atoms with E-state index in [4.69, 9.17) is 4.74 Å². The van der Waals surface area contributed by atoms with E-state index in [1.165, 1.54) is 6.20 Å². The van der Waals surface area contributed by atoms with Crippen LogP contribution in [0, 0.1) is 0 Å². The van der Waals surface area contributed by atoms with E-state index in [2.05, 4.69) is 16.9 Å². The van der Waals surface area contributed by atoms with E-state index in [-0.39, 0.29) is 0 Å². The zero-order chi connectivity index (χ0) is 7.11. The molecule has 52 valence electrons.